The smallest absolute Gasteiger partial charge is 0.351 e. The molecule has 3 saturated heterocycles. The van der Waals surface area contributed by atoms with Gasteiger partial charge in [-0.1, -0.05) is 18.7 Å². The van der Waals surface area contributed by atoms with Gasteiger partial charge in [-0.15, -0.1) is 0 Å². The van der Waals surface area contributed by atoms with Crippen LogP contribution in [0.25, 0.3) is 11.2 Å². The maximum atomic E-state index is 14.4. The van der Waals surface area contributed by atoms with Crippen molar-refractivity contribution in [2.45, 2.75) is 101 Å². The zero-order valence-electron chi connectivity index (χ0n) is 40.9. The SMILES string of the molecule is CC[C@H]1O[C@@H](n2cnc3c(=O)[nH]c(N)nc32)C(OCCOC)[C@H]1OP([O-])(=S)OC[C@H]1O[C@@H](n2cc(C)c(N)nc2=O)C(OCCOC)[C@H]1OP(=O)([O-])OC[C@H]1O[C@@H](n2cc(C)c(N)nc2=O)C(OCCOC)[C@H]1O. The lowest BCUT2D eigenvalue weighted by atomic mass is 10.1. The van der Waals surface area contributed by atoms with E-state index in [0.29, 0.717) is 11.1 Å². The molecule has 3 aliphatic heterocycles. The molecule has 4 aromatic rings. The molecule has 0 aliphatic carbocycles. The van der Waals surface area contributed by atoms with Gasteiger partial charge in [0, 0.05) is 44.8 Å². The molecule has 0 aromatic carbocycles. The van der Waals surface area contributed by atoms with Crippen LogP contribution in [0.2, 0.25) is 0 Å². The quantitative estimate of drug-likeness (QED) is 0.0318. The monoisotopic (exact) mass is 1110 g/mol. The van der Waals surface area contributed by atoms with Crippen molar-refractivity contribution < 1.29 is 80.2 Å². The summed E-state index contributed by atoms with van der Waals surface area (Å²) in [4.78, 5) is 85.9. The third-order valence-corrected chi connectivity index (χ3v) is 14.5. The Bertz CT molecular complexity index is 2840. The van der Waals surface area contributed by atoms with E-state index in [0.717, 1.165) is 9.13 Å². The van der Waals surface area contributed by atoms with Crippen LogP contribution in [-0.2, 0) is 77.1 Å². The van der Waals surface area contributed by atoms with Crippen LogP contribution in [0, 0.1) is 13.8 Å². The van der Waals surface area contributed by atoms with Crippen molar-refractivity contribution in [1.82, 2.24) is 38.6 Å². The van der Waals surface area contributed by atoms with Crippen LogP contribution in [-0.4, -0.2) is 173 Å². The molecule has 34 heteroatoms. The van der Waals surface area contributed by atoms with Gasteiger partial charge in [0.05, 0.1) is 65.3 Å². The number of fused-ring (bicyclic) bond motifs is 1. The number of rotatable bonds is 26. The predicted molar refractivity (Wildman–Crippen MR) is 254 cm³/mol. The molecule has 4 aromatic heterocycles. The van der Waals surface area contributed by atoms with E-state index in [1.165, 1.54) is 44.6 Å². The van der Waals surface area contributed by atoms with Gasteiger partial charge in [-0.25, -0.2) is 14.6 Å². The minimum atomic E-state index is -5.60. The van der Waals surface area contributed by atoms with Gasteiger partial charge in [0.25, 0.3) is 13.4 Å². The van der Waals surface area contributed by atoms with Crippen LogP contribution in [0.15, 0.2) is 33.1 Å². The second-order valence-electron chi connectivity index (χ2n) is 17.0. The summed E-state index contributed by atoms with van der Waals surface area (Å²) in [6.45, 7) is -1.68. The number of anilines is 3. The molecule has 412 valence electrons. The largest absolute Gasteiger partial charge is 0.780 e. The summed E-state index contributed by atoms with van der Waals surface area (Å²) in [6.07, 6.45) is -12.3. The Hall–Kier alpha value is -4.25. The average Bonchev–Trinajstić information content (AvgIpc) is 4.09. The number of ether oxygens (including phenoxy) is 9. The fourth-order valence-electron chi connectivity index (χ4n) is 8.34. The molecule has 7 rings (SSSR count). The van der Waals surface area contributed by atoms with Gasteiger partial charge in [-0.3, -0.25) is 28.0 Å². The molecular weight excluding hydrogens is 1050 g/mol. The Morgan fingerprint density at radius 2 is 1.19 bits per heavy atom. The number of hydrogen-bond donors (Lipinski definition) is 5. The van der Waals surface area contributed by atoms with E-state index in [9.17, 15) is 33.8 Å². The van der Waals surface area contributed by atoms with Crippen molar-refractivity contribution in [3.63, 3.8) is 0 Å². The number of nitrogen functional groups attached to an aromatic ring is 3. The van der Waals surface area contributed by atoms with Crippen LogP contribution < -0.4 is 43.9 Å². The van der Waals surface area contributed by atoms with Gasteiger partial charge in [0.1, 0.15) is 67.2 Å². The van der Waals surface area contributed by atoms with Gasteiger partial charge in [0.15, 0.2) is 29.8 Å². The van der Waals surface area contributed by atoms with E-state index in [-0.39, 0.29) is 74.8 Å². The standard InChI is InChI=1S/C40H61N11O20P2S/c1-7-21-26(29(63-12-9-60-5)37(67-21)51-18-44-24-33(51)47-38(43)48-34(24)53)71-73(58,74)66-17-23-27(30(64-13-10-61-6)36(69-23)50-15-20(3)32(42)46-40(50)55)70-72(56,57)65-16-22-25(52)28(62-11-8-59-4)35(68-22)49-14-19(2)31(41)45-39(49)54/h14-15,18,21-23,25-30,35-37,52H,7-13,16-17H2,1-6H3,(H,56,57)(H,58,74)(H2,41,45,54)(H2,42,46,55)(H3,43,47,48,53)/p-2/t21-,22-,23-,25+,26+,27+,28?,29?,30?,35-,36-,37-,73?/m1/s1. The number of hydrogen-bond acceptors (Lipinski definition) is 28. The molecule has 74 heavy (non-hydrogen) atoms. The Kier molecular flexibility index (Phi) is 19.3. The first-order chi connectivity index (χ1) is 35.2. The number of phosphoric ester groups is 1. The summed E-state index contributed by atoms with van der Waals surface area (Å²) < 4.78 is 92.4. The fraction of sp³-hybridized carbons (Fsp3) is 0.675. The lowest BCUT2D eigenvalue weighted by Crippen LogP contribution is -2.42. The number of aliphatic hydroxyl groups is 1. The molecule has 14 atom stereocenters. The van der Waals surface area contributed by atoms with Gasteiger partial charge in [0.2, 0.25) is 5.95 Å². The summed E-state index contributed by atoms with van der Waals surface area (Å²) in [5, 5.41) is 11.4. The number of phosphoric acid groups is 1. The summed E-state index contributed by atoms with van der Waals surface area (Å²) >= 11 is 5.45. The van der Waals surface area contributed by atoms with E-state index in [1.807, 2.05) is 0 Å². The number of aromatic nitrogens is 8. The topological polar surface area (TPSA) is 415 Å². The van der Waals surface area contributed by atoms with Crippen molar-refractivity contribution in [2.24, 2.45) is 0 Å². The third kappa shape index (κ3) is 13.1. The molecule has 0 bridgehead atoms. The molecular formula is C40H59N11O20P2S-2. The Morgan fingerprint density at radius 3 is 1.74 bits per heavy atom. The normalized spacial score (nSPS) is 28.8. The van der Waals surface area contributed by atoms with E-state index >= 15 is 0 Å². The number of imidazole rings is 1. The molecule has 0 saturated carbocycles. The van der Waals surface area contributed by atoms with Crippen molar-refractivity contribution in [2.75, 3.05) is 91.4 Å². The lowest BCUT2D eigenvalue weighted by Gasteiger charge is -2.36. The number of aryl methyl sites for hydroxylation is 2. The zero-order valence-corrected chi connectivity index (χ0v) is 43.5. The molecule has 7 heterocycles. The number of nitrogens with zero attached hydrogens (tertiary/aromatic N) is 7. The van der Waals surface area contributed by atoms with E-state index in [1.54, 1.807) is 20.8 Å². The number of H-pyrrole nitrogens is 1. The van der Waals surface area contributed by atoms with Gasteiger partial charge < -0.3 is 92.8 Å². The molecule has 0 amide bonds. The molecule has 0 spiro atoms. The molecule has 31 nitrogen and oxygen atoms in total. The highest BCUT2D eigenvalue weighted by Gasteiger charge is 2.52. The number of nitrogens with one attached hydrogen (secondary N) is 1. The number of methoxy groups -OCH3 is 3. The van der Waals surface area contributed by atoms with Crippen LogP contribution in [0.4, 0.5) is 17.6 Å². The first kappa shape index (κ1) is 57.5. The first-order valence-corrected chi connectivity index (χ1v) is 26.9. The van der Waals surface area contributed by atoms with Crippen molar-refractivity contribution in [1.29, 1.82) is 0 Å². The number of nitrogens with two attached hydrogens (primary N) is 3. The van der Waals surface area contributed by atoms with E-state index in [2.05, 4.69) is 24.9 Å². The summed E-state index contributed by atoms with van der Waals surface area (Å²) in [5.41, 5.74) is 15.9. The molecule has 0 radical (unpaired) electrons. The maximum Gasteiger partial charge on any atom is 0.351 e. The fourth-order valence-corrected chi connectivity index (χ4v) is 10.7. The average molecular weight is 1110 g/mol. The molecule has 8 N–H and O–H groups in total. The lowest BCUT2D eigenvalue weighted by molar-refractivity contribution is -0.238. The van der Waals surface area contributed by atoms with Crippen molar-refractivity contribution >= 4 is 55.1 Å². The molecule has 3 aliphatic rings. The van der Waals surface area contributed by atoms with Gasteiger partial charge in [-0.2, -0.15) is 15.0 Å². The molecule has 5 unspecified atom stereocenters. The van der Waals surface area contributed by atoms with Crippen LogP contribution >= 0.6 is 14.5 Å². The second-order valence-corrected chi connectivity index (χ2v) is 21.0. The highest BCUT2D eigenvalue weighted by atomic mass is 32.5. The third-order valence-electron chi connectivity index (χ3n) is 12.0. The Labute approximate surface area is 426 Å². The Morgan fingerprint density at radius 1 is 0.703 bits per heavy atom. The Balaban J connectivity index is 1.15. The van der Waals surface area contributed by atoms with Gasteiger partial charge >= 0.3 is 11.4 Å². The van der Waals surface area contributed by atoms with Gasteiger partial charge in [-0.05, 0) is 20.3 Å². The van der Waals surface area contributed by atoms with E-state index in [4.69, 9.17) is 89.7 Å². The highest BCUT2D eigenvalue weighted by molar-refractivity contribution is 8.06. The van der Waals surface area contributed by atoms with Crippen molar-refractivity contribution in [3.8, 4) is 0 Å². The van der Waals surface area contributed by atoms with Crippen LogP contribution in [0.1, 0.15) is 43.2 Å². The zero-order chi connectivity index (χ0) is 53.6. The van der Waals surface area contributed by atoms with Crippen molar-refractivity contribution in [3.05, 3.63) is 61.2 Å². The van der Waals surface area contributed by atoms with Crippen LogP contribution in [0.5, 0.6) is 0 Å². The summed E-state index contributed by atoms with van der Waals surface area (Å²) in [5.74, 6) is -0.344. The minimum absolute atomic E-state index is 0.0193. The van der Waals surface area contributed by atoms with E-state index < -0.39 is 118 Å². The minimum Gasteiger partial charge on any atom is -0.780 e. The highest BCUT2D eigenvalue weighted by Crippen LogP contribution is 2.50. The maximum absolute atomic E-state index is 14.4. The number of aliphatic hydroxyl groups excluding tert-OH is 1. The first-order valence-electron chi connectivity index (χ1n) is 22.9. The molecule has 3 fully saturated rings. The number of aromatic amines is 1. The summed E-state index contributed by atoms with van der Waals surface area (Å²) in [7, 11) is -1.35. The second kappa shape index (κ2) is 24.8. The summed E-state index contributed by atoms with van der Waals surface area (Å²) in [6, 6.07) is 0. The van der Waals surface area contributed by atoms with Crippen LogP contribution in [0.3, 0.4) is 0 Å². The predicted octanol–water partition coefficient (Wildman–Crippen LogP) is -2.59.